The van der Waals surface area contributed by atoms with Crippen LogP contribution in [0.3, 0.4) is 0 Å². The summed E-state index contributed by atoms with van der Waals surface area (Å²) in [5, 5.41) is 11.2. The molecule has 0 bridgehead atoms. The van der Waals surface area contributed by atoms with E-state index < -0.39 is 53.3 Å². The summed E-state index contributed by atoms with van der Waals surface area (Å²) in [7, 11) is 0. The number of ketones is 2. The maximum atomic E-state index is 13.8. The molecule has 3 fully saturated rings. The Morgan fingerprint density at radius 3 is 2.40 bits per heavy atom. The molecule has 0 aromatic heterocycles. The number of nitrogens with one attached hydrogen (secondary N) is 1. The standard InChI is InChI=1S/C30H41NO9/c1-17(27(37)38)31-25(35)7-8-26(36)39-16-24(34)30(40-18(2)32)14-11-23-21-6-5-19-15-20(33)9-12-28(19,3)22(21)10-13-29(23,30)4/h15,17,21-23H,5-14,16H2,1-4H3,(H,31,35)(H,37,38)/t17-,21+,22-,23-,28-,29-,30-/m0/s1. The zero-order valence-corrected chi connectivity index (χ0v) is 23.9. The second kappa shape index (κ2) is 11.1. The van der Waals surface area contributed by atoms with E-state index in [-0.39, 0.29) is 30.0 Å². The molecule has 220 valence electrons. The molecule has 0 aromatic carbocycles. The number of rotatable bonds is 9. The molecular formula is C30H41NO9. The van der Waals surface area contributed by atoms with Gasteiger partial charge in [0, 0.05) is 25.2 Å². The van der Waals surface area contributed by atoms with Gasteiger partial charge in [-0.15, -0.1) is 0 Å². The van der Waals surface area contributed by atoms with Crippen LogP contribution in [0, 0.1) is 28.6 Å². The predicted octanol–water partition coefficient (Wildman–Crippen LogP) is 3.30. The molecule has 10 nitrogen and oxygen atoms in total. The molecule has 4 rings (SSSR count). The molecule has 3 saturated carbocycles. The minimum absolute atomic E-state index is 0.0288. The van der Waals surface area contributed by atoms with Crippen LogP contribution in [0.25, 0.3) is 0 Å². The number of Topliss-reactive ketones (excluding diaryl/α,β-unsaturated/α-hetero) is 1. The first kappa shape index (κ1) is 29.9. The fourth-order valence-electron chi connectivity index (χ4n) is 8.41. The number of carboxylic acid groups (broad SMARTS) is 1. The number of allylic oxidation sites excluding steroid dienone is 1. The van der Waals surface area contributed by atoms with Gasteiger partial charge in [0.2, 0.25) is 11.7 Å². The molecule has 40 heavy (non-hydrogen) atoms. The number of hydrogen-bond acceptors (Lipinski definition) is 8. The lowest BCUT2D eigenvalue weighted by atomic mass is 9.46. The Morgan fingerprint density at radius 1 is 1.02 bits per heavy atom. The lowest BCUT2D eigenvalue weighted by Gasteiger charge is -2.59. The molecule has 10 heteroatoms. The van der Waals surface area contributed by atoms with Gasteiger partial charge < -0.3 is 19.9 Å². The molecule has 0 aromatic rings. The molecule has 4 aliphatic rings. The van der Waals surface area contributed by atoms with Crippen molar-refractivity contribution in [1.29, 1.82) is 0 Å². The summed E-state index contributed by atoms with van der Waals surface area (Å²) in [6.07, 6.45) is 7.11. The summed E-state index contributed by atoms with van der Waals surface area (Å²) in [5.41, 5.74) is -0.785. The third-order valence-corrected chi connectivity index (χ3v) is 10.5. The van der Waals surface area contributed by atoms with Gasteiger partial charge in [-0.1, -0.05) is 19.4 Å². The minimum atomic E-state index is -1.40. The van der Waals surface area contributed by atoms with E-state index in [1.807, 2.05) is 13.0 Å². The van der Waals surface area contributed by atoms with E-state index in [0.717, 1.165) is 32.1 Å². The molecule has 4 aliphatic carbocycles. The van der Waals surface area contributed by atoms with Gasteiger partial charge in [0.1, 0.15) is 6.04 Å². The van der Waals surface area contributed by atoms with Crippen molar-refractivity contribution in [2.24, 2.45) is 28.6 Å². The van der Waals surface area contributed by atoms with E-state index in [1.165, 1.54) is 19.4 Å². The molecule has 0 saturated heterocycles. The van der Waals surface area contributed by atoms with E-state index in [0.29, 0.717) is 31.1 Å². The number of amides is 1. The first-order chi connectivity index (χ1) is 18.7. The van der Waals surface area contributed by atoms with Crippen molar-refractivity contribution in [1.82, 2.24) is 5.32 Å². The Kier molecular flexibility index (Phi) is 8.30. The number of carbonyl (C=O) groups excluding carboxylic acids is 5. The van der Waals surface area contributed by atoms with Gasteiger partial charge in [-0.3, -0.25) is 28.8 Å². The number of ether oxygens (including phenoxy) is 2. The highest BCUT2D eigenvalue weighted by Crippen LogP contribution is 2.68. The normalized spacial score (nSPS) is 35.2. The fourth-order valence-corrected chi connectivity index (χ4v) is 8.41. The molecular weight excluding hydrogens is 518 g/mol. The van der Waals surface area contributed by atoms with Crippen molar-refractivity contribution in [2.45, 2.75) is 104 Å². The monoisotopic (exact) mass is 559 g/mol. The van der Waals surface area contributed by atoms with Crippen LogP contribution in [0.15, 0.2) is 11.6 Å². The van der Waals surface area contributed by atoms with Gasteiger partial charge in [0.25, 0.3) is 0 Å². The number of carboxylic acids is 1. The lowest BCUT2D eigenvalue weighted by molar-refractivity contribution is -0.191. The summed E-state index contributed by atoms with van der Waals surface area (Å²) in [4.78, 5) is 73.3. The van der Waals surface area contributed by atoms with Gasteiger partial charge in [-0.2, -0.15) is 0 Å². The van der Waals surface area contributed by atoms with Crippen LogP contribution in [0.4, 0.5) is 0 Å². The molecule has 0 heterocycles. The topological polar surface area (TPSA) is 153 Å². The molecule has 0 radical (unpaired) electrons. The first-order valence-electron chi connectivity index (χ1n) is 14.4. The van der Waals surface area contributed by atoms with E-state index in [1.54, 1.807) is 0 Å². The number of carbonyl (C=O) groups is 6. The lowest BCUT2D eigenvalue weighted by Crippen LogP contribution is -2.59. The zero-order chi connectivity index (χ0) is 29.5. The summed E-state index contributed by atoms with van der Waals surface area (Å²) in [6, 6.07) is -1.09. The van der Waals surface area contributed by atoms with Crippen LogP contribution < -0.4 is 5.32 Å². The Hall–Kier alpha value is -3.04. The van der Waals surface area contributed by atoms with Gasteiger partial charge in [-0.05, 0) is 81.1 Å². The molecule has 0 unspecified atom stereocenters. The fraction of sp³-hybridized carbons (Fsp3) is 0.733. The smallest absolute Gasteiger partial charge is 0.325 e. The van der Waals surface area contributed by atoms with Crippen LogP contribution in [0.5, 0.6) is 0 Å². The summed E-state index contributed by atoms with van der Waals surface area (Å²) < 4.78 is 11.1. The molecule has 7 atom stereocenters. The number of hydrogen-bond donors (Lipinski definition) is 2. The van der Waals surface area contributed by atoms with Crippen LogP contribution >= 0.6 is 0 Å². The summed E-state index contributed by atoms with van der Waals surface area (Å²) in [6.45, 7) is 6.36. The highest BCUT2D eigenvalue weighted by Gasteiger charge is 2.68. The minimum Gasteiger partial charge on any atom is -0.480 e. The Balaban J connectivity index is 1.46. The maximum Gasteiger partial charge on any atom is 0.325 e. The molecule has 2 N–H and O–H groups in total. The third-order valence-electron chi connectivity index (χ3n) is 10.5. The van der Waals surface area contributed by atoms with Gasteiger partial charge in [0.15, 0.2) is 18.0 Å². The number of esters is 2. The summed E-state index contributed by atoms with van der Waals surface area (Å²) in [5.74, 6) is -2.48. The van der Waals surface area contributed by atoms with Crippen molar-refractivity contribution < 1.29 is 43.3 Å². The van der Waals surface area contributed by atoms with Crippen LogP contribution in [-0.2, 0) is 38.2 Å². The van der Waals surface area contributed by atoms with Crippen molar-refractivity contribution in [3.8, 4) is 0 Å². The van der Waals surface area contributed by atoms with Crippen molar-refractivity contribution in [2.75, 3.05) is 6.61 Å². The van der Waals surface area contributed by atoms with Gasteiger partial charge in [0.05, 0.1) is 6.42 Å². The summed E-state index contributed by atoms with van der Waals surface area (Å²) >= 11 is 0. The zero-order valence-electron chi connectivity index (χ0n) is 23.9. The molecule has 1 amide bonds. The van der Waals surface area contributed by atoms with E-state index in [9.17, 15) is 28.8 Å². The highest BCUT2D eigenvalue weighted by atomic mass is 16.6. The van der Waals surface area contributed by atoms with Gasteiger partial charge >= 0.3 is 17.9 Å². The Morgan fingerprint density at radius 2 is 1.73 bits per heavy atom. The maximum absolute atomic E-state index is 13.8. The van der Waals surface area contributed by atoms with Crippen molar-refractivity contribution >= 4 is 35.4 Å². The average molecular weight is 560 g/mol. The first-order valence-corrected chi connectivity index (χ1v) is 14.4. The van der Waals surface area contributed by atoms with Crippen LogP contribution in [-0.4, -0.2) is 58.7 Å². The van der Waals surface area contributed by atoms with E-state index >= 15 is 0 Å². The third kappa shape index (κ3) is 5.21. The molecule has 0 aliphatic heterocycles. The SMILES string of the molecule is CC(=O)O[C@]1(C(=O)COC(=O)CCC(=O)N[C@@H](C)C(=O)O)CC[C@H]2[C@@H]3CCC4=CC(=O)CC[C@]4(C)[C@H]3CC[C@@]21C. The quantitative estimate of drug-likeness (QED) is 0.405. The van der Waals surface area contributed by atoms with Crippen molar-refractivity contribution in [3.63, 3.8) is 0 Å². The molecule has 0 spiro atoms. The number of aliphatic carboxylic acids is 1. The Bertz CT molecular complexity index is 1140. The Labute approximate surface area is 234 Å². The van der Waals surface area contributed by atoms with Crippen LogP contribution in [0.1, 0.15) is 91.9 Å². The van der Waals surface area contributed by atoms with Crippen LogP contribution in [0.2, 0.25) is 0 Å². The van der Waals surface area contributed by atoms with E-state index in [4.69, 9.17) is 14.6 Å². The predicted molar refractivity (Wildman–Crippen MR) is 142 cm³/mol. The second-order valence-electron chi connectivity index (χ2n) is 12.6. The highest BCUT2D eigenvalue weighted by molar-refractivity contribution is 5.94. The largest absolute Gasteiger partial charge is 0.480 e. The van der Waals surface area contributed by atoms with Crippen molar-refractivity contribution in [3.05, 3.63) is 11.6 Å². The van der Waals surface area contributed by atoms with E-state index in [2.05, 4.69) is 12.2 Å². The second-order valence-corrected chi connectivity index (χ2v) is 12.6. The average Bonchev–Trinajstić information content (AvgIpc) is 3.18. The van der Waals surface area contributed by atoms with Gasteiger partial charge in [-0.25, -0.2) is 0 Å². The number of fused-ring (bicyclic) bond motifs is 5.